The van der Waals surface area contributed by atoms with Crippen LogP contribution >= 0.6 is 0 Å². The summed E-state index contributed by atoms with van der Waals surface area (Å²) >= 11 is 0. The first kappa shape index (κ1) is 20.9. The van der Waals surface area contributed by atoms with Crippen LogP contribution in [0.3, 0.4) is 0 Å². The van der Waals surface area contributed by atoms with E-state index in [0.29, 0.717) is 37.5 Å². The van der Waals surface area contributed by atoms with Gasteiger partial charge < -0.3 is 19.3 Å². The van der Waals surface area contributed by atoms with Gasteiger partial charge in [-0.15, -0.1) is 0 Å². The third kappa shape index (κ3) is 5.82. The van der Waals surface area contributed by atoms with E-state index < -0.39 is 6.16 Å². The van der Waals surface area contributed by atoms with Crippen molar-refractivity contribution in [2.45, 2.75) is 39.0 Å². The van der Waals surface area contributed by atoms with Gasteiger partial charge in [0.2, 0.25) is 5.91 Å². The summed E-state index contributed by atoms with van der Waals surface area (Å²) in [6.45, 7) is 4.03. The van der Waals surface area contributed by atoms with Crippen molar-refractivity contribution in [1.29, 1.82) is 0 Å². The number of amides is 2. The van der Waals surface area contributed by atoms with Gasteiger partial charge >= 0.3 is 6.16 Å². The molecule has 3 rings (SSSR count). The molecule has 0 aromatic heterocycles. The van der Waals surface area contributed by atoms with Crippen molar-refractivity contribution in [2.24, 2.45) is 0 Å². The van der Waals surface area contributed by atoms with E-state index in [9.17, 15) is 14.4 Å². The van der Waals surface area contributed by atoms with Gasteiger partial charge in [0.05, 0.1) is 6.61 Å². The largest absolute Gasteiger partial charge is 0.513 e. The second kappa shape index (κ2) is 10.1. The van der Waals surface area contributed by atoms with Crippen LogP contribution in [-0.4, -0.2) is 60.6 Å². The highest BCUT2D eigenvalue weighted by atomic mass is 16.7. The summed E-state index contributed by atoms with van der Waals surface area (Å²) in [6.07, 6.45) is 6.69. The molecule has 1 aromatic rings. The van der Waals surface area contributed by atoms with Gasteiger partial charge in [-0.3, -0.25) is 9.59 Å². The van der Waals surface area contributed by atoms with Crippen LogP contribution in [0, 0.1) is 0 Å². The number of carbonyl (C=O) groups excluding carboxylic acids is 3. The molecule has 1 aliphatic heterocycles. The Balaban J connectivity index is 1.50. The quantitative estimate of drug-likeness (QED) is 0.440. The molecule has 0 N–H and O–H groups in total. The number of piperazine rings is 1. The molecule has 2 aliphatic rings. The zero-order valence-corrected chi connectivity index (χ0v) is 16.9. The first-order chi connectivity index (χ1) is 14.1. The molecule has 0 atom stereocenters. The molecule has 2 amide bonds. The van der Waals surface area contributed by atoms with E-state index in [4.69, 9.17) is 9.47 Å². The Morgan fingerprint density at radius 2 is 1.55 bits per heavy atom. The van der Waals surface area contributed by atoms with Crippen LogP contribution in [-0.2, 0) is 9.53 Å². The minimum atomic E-state index is -0.768. The van der Waals surface area contributed by atoms with E-state index in [1.165, 1.54) is 24.8 Å². The third-order valence-electron chi connectivity index (χ3n) is 5.27. The molecule has 1 aliphatic carbocycles. The lowest BCUT2D eigenvalue weighted by Crippen LogP contribution is -2.50. The molecular formula is C22H28N2O5. The van der Waals surface area contributed by atoms with Gasteiger partial charge in [-0.2, -0.15) is 0 Å². The average Bonchev–Trinajstić information content (AvgIpc) is 2.75. The molecule has 7 heteroatoms. The first-order valence-electron chi connectivity index (χ1n) is 10.3. The number of rotatable bonds is 4. The fourth-order valence-corrected chi connectivity index (χ4v) is 3.64. The van der Waals surface area contributed by atoms with Gasteiger partial charge in [-0.05, 0) is 56.9 Å². The summed E-state index contributed by atoms with van der Waals surface area (Å²) in [5.41, 5.74) is 1.77. The van der Waals surface area contributed by atoms with E-state index in [1.807, 2.05) is 4.90 Å². The van der Waals surface area contributed by atoms with Gasteiger partial charge in [0, 0.05) is 37.8 Å². The summed E-state index contributed by atoms with van der Waals surface area (Å²) in [4.78, 5) is 40.1. The number of hydrogen-bond acceptors (Lipinski definition) is 5. The van der Waals surface area contributed by atoms with Crippen LogP contribution in [0.2, 0.25) is 0 Å². The number of carbonyl (C=O) groups is 3. The molecule has 1 heterocycles. The summed E-state index contributed by atoms with van der Waals surface area (Å²) in [7, 11) is 0. The Hall–Kier alpha value is -2.83. The predicted molar refractivity (Wildman–Crippen MR) is 108 cm³/mol. The van der Waals surface area contributed by atoms with E-state index in [1.54, 1.807) is 42.2 Å². The molecular weight excluding hydrogens is 372 g/mol. The Morgan fingerprint density at radius 3 is 2.17 bits per heavy atom. The monoisotopic (exact) mass is 400 g/mol. The maximum atomic E-state index is 12.7. The highest BCUT2D eigenvalue weighted by Crippen LogP contribution is 2.23. The molecule has 2 fully saturated rings. The molecule has 0 radical (unpaired) electrons. The first-order valence-corrected chi connectivity index (χ1v) is 10.3. The molecule has 7 nitrogen and oxygen atoms in total. The number of allylic oxidation sites excluding steroid dienone is 1. The van der Waals surface area contributed by atoms with Crippen LogP contribution in [0.4, 0.5) is 4.79 Å². The highest BCUT2D eigenvalue weighted by molar-refractivity contribution is 5.95. The third-order valence-corrected chi connectivity index (χ3v) is 5.27. The van der Waals surface area contributed by atoms with Crippen molar-refractivity contribution >= 4 is 18.0 Å². The topological polar surface area (TPSA) is 76.2 Å². The van der Waals surface area contributed by atoms with Crippen molar-refractivity contribution in [2.75, 3.05) is 32.8 Å². The molecule has 0 unspecified atom stereocenters. The summed E-state index contributed by atoms with van der Waals surface area (Å²) in [6, 6.07) is 6.39. The fourth-order valence-electron chi connectivity index (χ4n) is 3.64. The van der Waals surface area contributed by atoms with Crippen molar-refractivity contribution in [3.63, 3.8) is 0 Å². The second-order valence-corrected chi connectivity index (χ2v) is 7.29. The minimum Gasteiger partial charge on any atom is -0.434 e. The van der Waals surface area contributed by atoms with Crippen LogP contribution < -0.4 is 4.74 Å². The molecule has 0 spiro atoms. The molecule has 0 bridgehead atoms. The summed E-state index contributed by atoms with van der Waals surface area (Å²) in [5.74, 6) is 0.297. The van der Waals surface area contributed by atoms with Crippen LogP contribution in [0.5, 0.6) is 5.75 Å². The maximum Gasteiger partial charge on any atom is 0.513 e. The SMILES string of the molecule is CCOC(=O)Oc1ccc(C(=O)N2CCN(C(=O)C=C3CCCCC3)CC2)cc1. The standard InChI is InChI=1S/C22H28N2O5/c1-2-28-22(27)29-19-10-8-18(9-11-19)21(26)24-14-12-23(13-15-24)20(25)16-17-6-4-3-5-7-17/h8-11,16H,2-7,12-15H2,1H3. The summed E-state index contributed by atoms with van der Waals surface area (Å²) in [5, 5.41) is 0. The van der Waals surface area contributed by atoms with Crippen LogP contribution in [0.25, 0.3) is 0 Å². The molecule has 156 valence electrons. The number of nitrogens with zero attached hydrogens (tertiary/aromatic N) is 2. The Bertz CT molecular complexity index is 756. The lowest BCUT2D eigenvalue weighted by Gasteiger charge is -2.34. The van der Waals surface area contributed by atoms with Gasteiger partial charge in [-0.25, -0.2) is 4.79 Å². The smallest absolute Gasteiger partial charge is 0.434 e. The van der Waals surface area contributed by atoms with Crippen molar-refractivity contribution in [3.05, 3.63) is 41.5 Å². The van der Waals surface area contributed by atoms with Crippen LogP contribution in [0.15, 0.2) is 35.9 Å². The average molecular weight is 400 g/mol. The highest BCUT2D eigenvalue weighted by Gasteiger charge is 2.24. The van der Waals surface area contributed by atoms with E-state index in [-0.39, 0.29) is 18.4 Å². The number of hydrogen-bond donors (Lipinski definition) is 0. The molecule has 1 saturated carbocycles. The normalized spacial score (nSPS) is 16.9. The minimum absolute atomic E-state index is 0.0643. The summed E-state index contributed by atoms with van der Waals surface area (Å²) < 4.78 is 9.73. The number of ether oxygens (including phenoxy) is 2. The van der Waals surface area contributed by atoms with Gasteiger partial charge in [0.15, 0.2) is 0 Å². The Morgan fingerprint density at radius 1 is 0.931 bits per heavy atom. The molecule has 1 aromatic carbocycles. The Kier molecular flexibility index (Phi) is 7.27. The maximum absolute atomic E-state index is 12.7. The zero-order valence-electron chi connectivity index (χ0n) is 16.9. The fraction of sp³-hybridized carbons (Fsp3) is 0.500. The van der Waals surface area contributed by atoms with Gasteiger partial charge in [-0.1, -0.05) is 12.0 Å². The predicted octanol–water partition coefficient (Wildman–Crippen LogP) is 3.40. The van der Waals surface area contributed by atoms with Crippen molar-refractivity contribution in [1.82, 2.24) is 9.80 Å². The van der Waals surface area contributed by atoms with Crippen LogP contribution in [0.1, 0.15) is 49.4 Å². The van der Waals surface area contributed by atoms with Crippen molar-refractivity contribution in [3.8, 4) is 5.75 Å². The van der Waals surface area contributed by atoms with E-state index in [2.05, 4.69) is 0 Å². The number of benzene rings is 1. The Labute approximate surface area is 171 Å². The van der Waals surface area contributed by atoms with E-state index in [0.717, 1.165) is 12.8 Å². The lowest BCUT2D eigenvalue weighted by atomic mass is 9.94. The van der Waals surface area contributed by atoms with Gasteiger partial charge in [0.25, 0.3) is 5.91 Å². The molecule has 29 heavy (non-hydrogen) atoms. The van der Waals surface area contributed by atoms with Crippen molar-refractivity contribution < 1.29 is 23.9 Å². The molecule has 1 saturated heterocycles. The van der Waals surface area contributed by atoms with Gasteiger partial charge in [0.1, 0.15) is 5.75 Å². The van der Waals surface area contributed by atoms with E-state index >= 15 is 0 Å². The zero-order chi connectivity index (χ0) is 20.6. The second-order valence-electron chi connectivity index (χ2n) is 7.29. The lowest BCUT2D eigenvalue weighted by molar-refractivity contribution is -0.127.